The Hall–Kier alpha value is 1.46. The van der Waals surface area contributed by atoms with E-state index >= 15 is 0 Å². The van der Waals surface area contributed by atoms with Crippen LogP contribution in [0.4, 0.5) is 0 Å². The third kappa shape index (κ3) is 1.47. The molecular weight excluding hydrogens is 350 g/mol. The van der Waals surface area contributed by atoms with Crippen LogP contribution >= 0.6 is 18.6 Å². The summed E-state index contributed by atoms with van der Waals surface area (Å²) in [5.74, 6) is 2.35. The Bertz CT molecular complexity index is 124. The van der Waals surface area contributed by atoms with Gasteiger partial charge in [-0.2, -0.15) is 0 Å². The van der Waals surface area contributed by atoms with Gasteiger partial charge in [-0.15, -0.1) is 0 Å². The Kier molecular flexibility index (Phi) is 2.79. The Morgan fingerprint density at radius 2 is 2.10 bits per heavy atom. The van der Waals surface area contributed by atoms with Crippen molar-refractivity contribution < 1.29 is 17.2 Å². The summed E-state index contributed by atoms with van der Waals surface area (Å²) < 4.78 is 1.21. The zero-order chi connectivity index (χ0) is 6.97. The summed E-state index contributed by atoms with van der Waals surface area (Å²) in [4.78, 5) is 0. The molecule has 0 N–H and O–H groups in total. The molecule has 2 aliphatic carbocycles. The maximum atomic E-state index is 2.68. The molecule has 2 aliphatic rings. The van der Waals surface area contributed by atoms with Crippen molar-refractivity contribution in [3.63, 3.8) is 0 Å². The fourth-order valence-electron chi connectivity index (χ4n) is 2.49. The normalized spacial score (nSPS) is 46.3. The average molecular weight is 363 g/mol. The molecule has 2 bridgehead atoms. The number of alkyl halides is 1. The Morgan fingerprint density at radius 3 is 2.80 bits per heavy atom. The zero-order valence-corrected chi connectivity index (χ0v) is 10.3. The third-order valence-electron chi connectivity index (χ3n) is 3.00. The van der Waals surface area contributed by atoms with Crippen LogP contribution in [0.2, 0.25) is 0 Å². The van der Waals surface area contributed by atoms with Crippen LogP contribution < -0.4 is 17.2 Å². The van der Waals surface area contributed by atoms with Crippen molar-refractivity contribution in [2.45, 2.75) is 36.0 Å². The minimum absolute atomic E-state index is 0.540. The van der Waals surface area contributed by atoms with Gasteiger partial charge in [0.2, 0.25) is 0 Å². The van der Waals surface area contributed by atoms with E-state index in [1.165, 1.54) is 15.8 Å². The summed E-state index contributed by atoms with van der Waals surface area (Å²) in [6.07, 6.45) is 7.90. The molecule has 0 aromatic heterocycles. The zero-order valence-electron chi connectivity index (χ0n) is 6.02. The van der Waals surface area contributed by atoms with Crippen molar-refractivity contribution in [1.82, 2.24) is 0 Å². The first-order valence-corrected chi connectivity index (χ1v) is 11.7. The summed E-state index contributed by atoms with van der Waals surface area (Å²) in [5.41, 5.74) is 0. The topological polar surface area (TPSA) is 0 Å². The summed E-state index contributed by atoms with van der Waals surface area (Å²) in [7, 11) is 0. The number of fused-ring (bicyclic) bond motifs is 2. The minimum atomic E-state index is 0.540. The van der Waals surface area contributed by atoms with Crippen LogP contribution in [0.15, 0.2) is 0 Å². The molecule has 0 radical (unpaired) electrons. The molecule has 2 fully saturated rings. The van der Waals surface area contributed by atoms with Gasteiger partial charge in [0.1, 0.15) is 0 Å². The van der Waals surface area contributed by atoms with Gasteiger partial charge >= 0.3 is 83.7 Å². The molecule has 2 rings (SSSR count). The fourth-order valence-corrected chi connectivity index (χ4v) is 8.30. The van der Waals surface area contributed by atoms with Crippen molar-refractivity contribution >= 4 is 18.6 Å². The number of hydrogen-bond acceptors (Lipinski definition) is 0. The summed E-state index contributed by atoms with van der Waals surface area (Å²) in [6.45, 7) is 0. The van der Waals surface area contributed by atoms with Crippen LogP contribution in [0.25, 0.3) is 0 Å². The predicted molar refractivity (Wildman–Crippen MR) is 47.9 cm³/mol. The van der Waals surface area contributed by atoms with E-state index in [2.05, 4.69) is 18.6 Å². The third-order valence-corrected chi connectivity index (χ3v) is 9.19. The number of hydrogen-bond donors (Lipinski definition) is 0. The number of rotatable bonds is 1. The molecule has 2 unspecified atom stereocenters. The van der Waals surface area contributed by atoms with Crippen LogP contribution in [0, 0.1) is 11.8 Å². The van der Waals surface area contributed by atoms with Crippen molar-refractivity contribution in [2.24, 2.45) is 11.8 Å². The molecule has 0 aromatic rings. The molecule has 0 amide bonds. The summed E-state index contributed by atoms with van der Waals surface area (Å²) >= 11 is 3.22. The van der Waals surface area contributed by atoms with Gasteiger partial charge in [0.15, 0.2) is 0 Å². The van der Waals surface area contributed by atoms with Crippen LogP contribution in [0.3, 0.4) is 0 Å². The molecule has 3 atom stereocenters. The van der Waals surface area contributed by atoms with Gasteiger partial charge < -0.3 is 0 Å². The Labute approximate surface area is 83.0 Å². The molecule has 10 heavy (non-hydrogen) atoms. The van der Waals surface area contributed by atoms with E-state index in [1.807, 2.05) is 0 Å². The summed E-state index contributed by atoms with van der Waals surface area (Å²) in [6, 6.07) is 0. The van der Waals surface area contributed by atoms with Gasteiger partial charge in [-0.3, -0.25) is 0 Å². The molecule has 2 saturated carbocycles. The van der Waals surface area contributed by atoms with Gasteiger partial charge in [0, 0.05) is 0 Å². The van der Waals surface area contributed by atoms with Crippen LogP contribution in [-0.4, -0.2) is 3.92 Å². The average Bonchev–Trinajstić information content (AvgIpc) is 2.26. The van der Waals surface area contributed by atoms with E-state index in [0.717, 1.165) is 0 Å². The molecule has 0 saturated heterocycles. The molecule has 0 aliphatic heterocycles. The fraction of sp³-hybridized carbons (Fsp3) is 1.00. The van der Waals surface area contributed by atoms with E-state index in [-0.39, 0.29) is 0 Å². The first kappa shape index (κ1) is 8.08. The molecule has 0 spiro atoms. The van der Waals surface area contributed by atoms with Crippen LogP contribution in [-0.2, 0) is 0 Å². The van der Waals surface area contributed by atoms with E-state index in [4.69, 9.17) is 0 Å². The molecule has 2 heteroatoms. The molecule has 60 valence electrons. The Balaban J connectivity index is 2.01. The van der Waals surface area contributed by atoms with Gasteiger partial charge in [0.25, 0.3) is 0 Å². The van der Waals surface area contributed by atoms with Gasteiger partial charge in [-0.05, 0) is 0 Å². The monoisotopic (exact) mass is 363 g/mol. The van der Waals surface area contributed by atoms with Crippen molar-refractivity contribution in [3.05, 3.63) is 0 Å². The molecular formula is C8H13I2-. The first-order valence-electron chi connectivity index (χ1n) is 4.14. The van der Waals surface area contributed by atoms with Gasteiger partial charge in [0.05, 0.1) is 0 Å². The second kappa shape index (κ2) is 3.46. The first-order chi connectivity index (χ1) is 4.90. The number of halogens is 2. The van der Waals surface area contributed by atoms with Crippen molar-refractivity contribution in [1.29, 1.82) is 0 Å². The predicted octanol–water partition coefficient (Wildman–Crippen LogP) is 0.00410. The van der Waals surface area contributed by atoms with E-state index in [1.54, 1.807) is 32.1 Å². The van der Waals surface area contributed by atoms with Gasteiger partial charge in [-0.1, -0.05) is 0 Å². The SMILES string of the molecule is I[I-][C@@H]1CC2CCCC1C2. The van der Waals surface area contributed by atoms with Crippen LogP contribution in [0.1, 0.15) is 32.1 Å². The second-order valence-electron chi connectivity index (χ2n) is 3.63. The van der Waals surface area contributed by atoms with Crippen molar-refractivity contribution in [2.75, 3.05) is 0 Å². The maximum absolute atomic E-state index is 2.68. The van der Waals surface area contributed by atoms with E-state index in [0.29, 0.717) is 17.2 Å². The molecule has 0 nitrogen and oxygen atoms in total. The summed E-state index contributed by atoms with van der Waals surface area (Å²) in [5, 5.41) is 0. The van der Waals surface area contributed by atoms with Crippen LogP contribution in [0.5, 0.6) is 0 Å². The Morgan fingerprint density at radius 1 is 1.20 bits per heavy atom. The molecule has 0 aromatic carbocycles. The quantitative estimate of drug-likeness (QED) is 0.455. The van der Waals surface area contributed by atoms with E-state index < -0.39 is 0 Å². The van der Waals surface area contributed by atoms with E-state index in [9.17, 15) is 0 Å². The second-order valence-corrected chi connectivity index (χ2v) is 8.86. The van der Waals surface area contributed by atoms with Gasteiger partial charge in [-0.25, -0.2) is 0 Å². The molecule has 0 heterocycles. The van der Waals surface area contributed by atoms with Crippen molar-refractivity contribution in [3.8, 4) is 0 Å². The standard InChI is InChI=1S/C8H13I2/c9-10-8-5-6-2-1-3-7(8)4-6/h6-8H,1-5H2/q-1/t6?,7?,8-/m1/s1.